The van der Waals surface area contributed by atoms with Crippen molar-refractivity contribution >= 4 is 17.8 Å². The number of nitrogens with zero attached hydrogens (tertiary/aromatic N) is 3. The zero-order chi connectivity index (χ0) is 24.2. The van der Waals surface area contributed by atoms with E-state index in [0.29, 0.717) is 44.6 Å². The molecule has 2 aromatic rings. The lowest BCUT2D eigenvalue weighted by atomic mass is 9.90. The fourth-order valence-corrected chi connectivity index (χ4v) is 4.31. The summed E-state index contributed by atoms with van der Waals surface area (Å²) in [5.41, 5.74) is -0.192. The van der Waals surface area contributed by atoms with Crippen molar-refractivity contribution in [2.75, 3.05) is 24.6 Å². The molecule has 1 aromatic heterocycles. The smallest absolute Gasteiger partial charge is 0.326 e. The third kappa shape index (κ3) is 5.40. The van der Waals surface area contributed by atoms with Crippen LogP contribution in [0.1, 0.15) is 37.7 Å². The molecule has 1 aliphatic heterocycles. The number of carbonyl (C=O) groups is 2. The van der Waals surface area contributed by atoms with Gasteiger partial charge in [0.05, 0.1) is 0 Å². The first-order valence-electron chi connectivity index (χ1n) is 11.0. The first-order chi connectivity index (χ1) is 16.3. The second kappa shape index (κ2) is 10.3. The van der Waals surface area contributed by atoms with E-state index in [-0.39, 0.29) is 41.9 Å². The van der Waals surface area contributed by atoms with Crippen LogP contribution in [0.25, 0.3) is 0 Å². The Labute approximate surface area is 193 Å². The van der Waals surface area contributed by atoms with Crippen LogP contribution >= 0.6 is 0 Å². The van der Waals surface area contributed by atoms with Gasteiger partial charge in [-0.25, -0.2) is 27.3 Å². The lowest BCUT2D eigenvalue weighted by molar-refractivity contribution is -0.124. The van der Waals surface area contributed by atoms with E-state index in [4.69, 9.17) is 4.74 Å². The fraction of sp³-hybridized carbons (Fsp3) is 0.435. The maximum Gasteiger partial charge on any atom is 0.326 e. The van der Waals surface area contributed by atoms with Crippen LogP contribution in [0.15, 0.2) is 36.5 Å². The van der Waals surface area contributed by atoms with Crippen molar-refractivity contribution in [3.05, 3.63) is 53.7 Å². The number of ether oxygens (including phenoxy) is 1. The number of halogens is 4. The average molecular weight is 480 g/mol. The minimum absolute atomic E-state index is 0.0180. The molecule has 1 aliphatic carbocycles. The van der Waals surface area contributed by atoms with Crippen molar-refractivity contribution in [2.45, 2.75) is 44.2 Å². The molecule has 1 aromatic carbocycles. The standard InChI is InChI=1S/C23H24F4N4O3/c24-18-7-6-17(11-19(18)25)34-13-21(32)29-15-2-4-16(5-3-15)30-9-10-31(23(30)33)20-8-1-14(12-28-20)22(26)27/h1,6-8,11-12,15-16,22H,2-5,9-10,13H2,(H,29,32). The van der Waals surface area contributed by atoms with Gasteiger partial charge in [-0.15, -0.1) is 0 Å². The number of nitrogens with one attached hydrogen (secondary N) is 1. The van der Waals surface area contributed by atoms with Gasteiger partial charge in [-0.3, -0.25) is 9.69 Å². The van der Waals surface area contributed by atoms with E-state index in [1.54, 1.807) is 4.90 Å². The zero-order valence-electron chi connectivity index (χ0n) is 18.2. The number of alkyl halides is 2. The molecular weight excluding hydrogens is 456 g/mol. The van der Waals surface area contributed by atoms with Gasteiger partial charge < -0.3 is 15.0 Å². The van der Waals surface area contributed by atoms with Crippen molar-refractivity contribution in [3.8, 4) is 5.75 Å². The summed E-state index contributed by atoms with van der Waals surface area (Å²) in [6, 6.07) is 5.50. The number of amides is 3. The topological polar surface area (TPSA) is 74.8 Å². The number of anilines is 1. The highest BCUT2D eigenvalue weighted by molar-refractivity contribution is 5.93. The van der Waals surface area contributed by atoms with Crippen LogP contribution in [0.2, 0.25) is 0 Å². The lowest BCUT2D eigenvalue weighted by Gasteiger charge is -2.34. The van der Waals surface area contributed by atoms with Crippen molar-refractivity contribution in [1.29, 1.82) is 0 Å². The average Bonchev–Trinajstić information content (AvgIpc) is 3.21. The first kappa shape index (κ1) is 23.8. The summed E-state index contributed by atoms with van der Waals surface area (Å²) in [7, 11) is 0. The summed E-state index contributed by atoms with van der Waals surface area (Å²) in [5.74, 6) is -2.00. The molecule has 2 heterocycles. The number of carbonyl (C=O) groups excluding carboxylic acids is 2. The predicted octanol–water partition coefficient (Wildman–Crippen LogP) is 4.05. The van der Waals surface area contributed by atoms with E-state index < -0.39 is 18.1 Å². The van der Waals surface area contributed by atoms with E-state index in [1.165, 1.54) is 23.1 Å². The summed E-state index contributed by atoms with van der Waals surface area (Å²) in [6.07, 6.45) is 1.22. The molecule has 1 saturated carbocycles. The second-order valence-electron chi connectivity index (χ2n) is 8.32. The SMILES string of the molecule is O=C(COc1ccc(F)c(F)c1)NC1CCC(N2CCN(c3ccc(C(F)F)cn3)C2=O)CC1. The van der Waals surface area contributed by atoms with Gasteiger partial charge in [0.15, 0.2) is 18.2 Å². The molecule has 7 nitrogen and oxygen atoms in total. The van der Waals surface area contributed by atoms with Crippen LogP contribution in [0.5, 0.6) is 5.75 Å². The molecule has 2 fully saturated rings. The monoisotopic (exact) mass is 480 g/mol. The summed E-state index contributed by atoms with van der Waals surface area (Å²) >= 11 is 0. The molecule has 2 aliphatic rings. The molecule has 0 bridgehead atoms. The van der Waals surface area contributed by atoms with Crippen LogP contribution in [-0.4, -0.2) is 53.6 Å². The van der Waals surface area contributed by atoms with Gasteiger partial charge in [-0.2, -0.15) is 0 Å². The zero-order valence-corrected chi connectivity index (χ0v) is 18.2. The van der Waals surface area contributed by atoms with Crippen LogP contribution in [0.3, 0.4) is 0 Å². The minimum atomic E-state index is -2.61. The van der Waals surface area contributed by atoms with Gasteiger partial charge in [-0.05, 0) is 49.9 Å². The van der Waals surface area contributed by atoms with Gasteiger partial charge in [0.1, 0.15) is 11.6 Å². The molecule has 1 saturated heterocycles. The minimum Gasteiger partial charge on any atom is -0.484 e. The molecule has 0 spiro atoms. The third-order valence-electron chi connectivity index (χ3n) is 6.10. The van der Waals surface area contributed by atoms with Crippen molar-refractivity contribution in [3.63, 3.8) is 0 Å². The summed E-state index contributed by atoms with van der Waals surface area (Å²) < 4.78 is 56.8. The van der Waals surface area contributed by atoms with Gasteiger partial charge in [0.25, 0.3) is 12.3 Å². The maximum atomic E-state index is 13.2. The lowest BCUT2D eigenvalue weighted by Crippen LogP contribution is -2.46. The summed E-state index contributed by atoms with van der Waals surface area (Å²) in [6.45, 7) is 0.626. The predicted molar refractivity (Wildman–Crippen MR) is 115 cm³/mol. The van der Waals surface area contributed by atoms with Crippen molar-refractivity contribution in [2.24, 2.45) is 0 Å². The summed E-state index contributed by atoms with van der Waals surface area (Å²) in [5, 5.41) is 2.87. The quantitative estimate of drug-likeness (QED) is 0.607. The number of urea groups is 1. The largest absolute Gasteiger partial charge is 0.484 e. The van der Waals surface area contributed by atoms with Gasteiger partial charge in [-0.1, -0.05) is 0 Å². The maximum absolute atomic E-state index is 13.2. The Morgan fingerprint density at radius 2 is 1.85 bits per heavy atom. The number of aromatic nitrogens is 1. The van der Waals surface area contributed by atoms with E-state index in [9.17, 15) is 27.2 Å². The molecule has 34 heavy (non-hydrogen) atoms. The van der Waals surface area contributed by atoms with Crippen molar-refractivity contribution < 1.29 is 31.9 Å². The molecule has 0 atom stereocenters. The van der Waals surface area contributed by atoms with Gasteiger partial charge >= 0.3 is 6.03 Å². The third-order valence-corrected chi connectivity index (χ3v) is 6.10. The summed E-state index contributed by atoms with van der Waals surface area (Å²) in [4.78, 5) is 32.3. The van der Waals surface area contributed by atoms with Gasteiger partial charge in [0.2, 0.25) is 0 Å². The highest BCUT2D eigenvalue weighted by atomic mass is 19.3. The van der Waals surface area contributed by atoms with Crippen molar-refractivity contribution in [1.82, 2.24) is 15.2 Å². The Kier molecular flexibility index (Phi) is 7.18. The molecular formula is C23H24F4N4O3. The number of benzene rings is 1. The van der Waals surface area contributed by atoms with Crippen LogP contribution < -0.4 is 15.0 Å². The Morgan fingerprint density at radius 3 is 2.50 bits per heavy atom. The number of rotatable bonds is 7. The molecule has 182 valence electrons. The number of pyridine rings is 1. The number of hydrogen-bond donors (Lipinski definition) is 1. The van der Waals surface area contributed by atoms with Gasteiger partial charge in [0, 0.05) is 43.0 Å². The Morgan fingerprint density at radius 1 is 1.09 bits per heavy atom. The Hall–Kier alpha value is -3.37. The van der Waals surface area contributed by atoms with Crippen LogP contribution in [0.4, 0.5) is 28.2 Å². The molecule has 11 heteroatoms. The van der Waals surface area contributed by atoms with Crippen LogP contribution in [0, 0.1) is 11.6 Å². The van der Waals surface area contributed by atoms with E-state index in [1.807, 2.05) is 0 Å². The normalized spacial score (nSPS) is 20.7. The highest BCUT2D eigenvalue weighted by Crippen LogP contribution is 2.29. The fourth-order valence-electron chi connectivity index (χ4n) is 4.31. The Bertz CT molecular complexity index is 1030. The highest BCUT2D eigenvalue weighted by Gasteiger charge is 2.37. The van der Waals surface area contributed by atoms with E-state index >= 15 is 0 Å². The molecule has 1 N–H and O–H groups in total. The van der Waals surface area contributed by atoms with E-state index in [2.05, 4.69) is 10.3 Å². The molecule has 3 amide bonds. The van der Waals surface area contributed by atoms with E-state index in [0.717, 1.165) is 18.3 Å². The molecule has 4 rings (SSSR count). The second-order valence-corrected chi connectivity index (χ2v) is 8.32. The number of hydrogen-bond acceptors (Lipinski definition) is 4. The molecule has 0 unspecified atom stereocenters. The molecule has 0 radical (unpaired) electrons. The Balaban J connectivity index is 1.23. The van der Waals surface area contributed by atoms with Crippen LogP contribution in [-0.2, 0) is 4.79 Å². The first-order valence-corrected chi connectivity index (χ1v) is 11.0.